The predicted octanol–water partition coefficient (Wildman–Crippen LogP) is 3.22. The lowest BCUT2D eigenvalue weighted by Gasteiger charge is -2.07. The van der Waals surface area contributed by atoms with Gasteiger partial charge in [-0.05, 0) is 30.3 Å². The quantitative estimate of drug-likeness (QED) is 0.831. The molecule has 3 N–H and O–H groups in total. The lowest BCUT2D eigenvalue weighted by atomic mass is 10.2. The van der Waals surface area contributed by atoms with Gasteiger partial charge in [-0.15, -0.1) is 0 Å². The molecule has 1 amide bonds. The molecule has 0 aliphatic rings. The molecule has 0 radical (unpaired) electrons. The summed E-state index contributed by atoms with van der Waals surface area (Å²) < 4.78 is 0. The van der Waals surface area contributed by atoms with E-state index in [1.54, 1.807) is 24.3 Å². The van der Waals surface area contributed by atoms with E-state index >= 15 is 0 Å². The highest BCUT2D eigenvalue weighted by molar-refractivity contribution is 6.30. The summed E-state index contributed by atoms with van der Waals surface area (Å²) in [5.74, 6) is -0.348. The van der Waals surface area contributed by atoms with E-state index < -0.39 is 0 Å². The van der Waals surface area contributed by atoms with Crippen LogP contribution in [-0.2, 0) is 0 Å². The Hall–Kier alpha value is -1.78. The van der Waals surface area contributed by atoms with Crippen LogP contribution < -0.4 is 11.1 Å². The second-order valence-electron chi connectivity index (χ2n) is 3.56. The topological polar surface area (TPSA) is 68.0 Å². The third-order valence-electron chi connectivity index (χ3n) is 2.25. The van der Waals surface area contributed by atoms with Crippen molar-refractivity contribution in [2.75, 3.05) is 11.1 Å². The summed E-state index contributed by atoms with van der Waals surface area (Å²) in [7, 11) is 0. The molecule has 1 aromatic heterocycles. The molecule has 2 aromatic rings. The molecule has 0 fully saturated rings. The predicted molar refractivity (Wildman–Crippen MR) is 73.1 cm³/mol. The van der Waals surface area contributed by atoms with Crippen molar-refractivity contribution in [2.45, 2.75) is 0 Å². The summed E-state index contributed by atoms with van der Waals surface area (Å²) in [5.41, 5.74) is 6.84. The summed E-state index contributed by atoms with van der Waals surface area (Å²) in [6, 6.07) is 8.17. The molecular weight excluding hydrogens is 273 g/mol. The van der Waals surface area contributed by atoms with Crippen molar-refractivity contribution in [3.05, 3.63) is 52.3 Å². The lowest BCUT2D eigenvalue weighted by Crippen LogP contribution is -2.14. The van der Waals surface area contributed by atoms with Crippen LogP contribution in [0.3, 0.4) is 0 Å². The fourth-order valence-corrected chi connectivity index (χ4v) is 1.65. The molecule has 2 rings (SSSR count). The zero-order valence-electron chi connectivity index (χ0n) is 9.15. The van der Waals surface area contributed by atoms with E-state index in [1.807, 2.05) is 0 Å². The number of aromatic nitrogens is 1. The minimum atomic E-state index is -0.348. The summed E-state index contributed by atoms with van der Waals surface area (Å²) >= 11 is 11.5. The van der Waals surface area contributed by atoms with Crippen molar-refractivity contribution >= 4 is 40.5 Å². The zero-order chi connectivity index (χ0) is 13.1. The van der Waals surface area contributed by atoms with Crippen LogP contribution in [0.5, 0.6) is 0 Å². The summed E-state index contributed by atoms with van der Waals surface area (Å²) in [4.78, 5) is 15.7. The Balaban J connectivity index is 2.21. The van der Waals surface area contributed by atoms with E-state index in [1.165, 1.54) is 12.3 Å². The second kappa shape index (κ2) is 5.25. The van der Waals surface area contributed by atoms with E-state index in [9.17, 15) is 4.79 Å². The largest absolute Gasteiger partial charge is 0.397 e. The first kappa shape index (κ1) is 12.7. The van der Waals surface area contributed by atoms with E-state index in [4.69, 9.17) is 28.9 Å². The summed E-state index contributed by atoms with van der Waals surface area (Å²) in [6.07, 6.45) is 1.35. The van der Waals surface area contributed by atoms with Crippen LogP contribution >= 0.6 is 23.2 Å². The highest BCUT2D eigenvalue weighted by atomic mass is 35.5. The maximum Gasteiger partial charge on any atom is 0.257 e. The number of carbonyl (C=O) groups excluding carboxylic acids is 1. The van der Waals surface area contributed by atoms with Gasteiger partial charge >= 0.3 is 0 Å². The van der Waals surface area contributed by atoms with Crippen molar-refractivity contribution in [1.82, 2.24) is 4.98 Å². The van der Waals surface area contributed by atoms with Gasteiger partial charge in [0.05, 0.1) is 17.4 Å². The minimum Gasteiger partial charge on any atom is -0.397 e. The second-order valence-corrected chi connectivity index (χ2v) is 4.38. The fourth-order valence-electron chi connectivity index (χ4n) is 1.37. The standard InChI is InChI=1S/C12H9Cl2N3O/c13-7-1-3-8(4-2-7)17-12(18)9-5-11(14)16-6-10(9)15/h1-6H,15H2,(H,17,18). The van der Waals surface area contributed by atoms with E-state index in [-0.39, 0.29) is 22.3 Å². The lowest BCUT2D eigenvalue weighted by molar-refractivity contribution is 0.102. The van der Waals surface area contributed by atoms with Crippen LogP contribution in [0.25, 0.3) is 0 Å². The van der Waals surface area contributed by atoms with Gasteiger partial charge in [0.15, 0.2) is 0 Å². The van der Waals surface area contributed by atoms with Crippen molar-refractivity contribution in [2.24, 2.45) is 0 Å². The van der Waals surface area contributed by atoms with Crippen LogP contribution in [0.1, 0.15) is 10.4 Å². The number of nitrogen functional groups attached to an aromatic ring is 1. The van der Waals surface area contributed by atoms with Crippen molar-refractivity contribution in [3.8, 4) is 0 Å². The third-order valence-corrected chi connectivity index (χ3v) is 2.71. The molecule has 0 aliphatic heterocycles. The molecule has 0 aliphatic carbocycles. The number of hydrogen-bond acceptors (Lipinski definition) is 3. The number of halogens is 2. The first-order valence-electron chi connectivity index (χ1n) is 5.04. The Morgan fingerprint density at radius 3 is 2.56 bits per heavy atom. The third kappa shape index (κ3) is 2.91. The van der Waals surface area contributed by atoms with Crippen LogP contribution in [0.4, 0.5) is 11.4 Å². The molecule has 0 saturated heterocycles. The summed E-state index contributed by atoms with van der Waals surface area (Å²) in [5, 5.41) is 3.50. The van der Waals surface area contributed by atoms with E-state index in [0.29, 0.717) is 10.7 Å². The fraction of sp³-hybridized carbons (Fsp3) is 0. The van der Waals surface area contributed by atoms with Crippen LogP contribution in [0, 0.1) is 0 Å². The molecule has 0 spiro atoms. The summed E-state index contributed by atoms with van der Waals surface area (Å²) in [6.45, 7) is 0. The Bertz CT molecular complexity index is 584. The molecule has 0 atom stereocenters. The van der Waals surface area contributed by atoms with Gasteiger partial charge in [0.1, 0.15) is 5.15 Å². The van der Waals surface area contributed by atoms with Crippen molar-refractivity contribution in [1.29, 1.82) is 0 Å². The van der Waals surface area contributed by atoms with Crippen LogP contribution in [0.2, 0.25) is 10.2 Å². The molecule has 92 valence electrons. The Morgan fingerprint density at radius 1 is 1.22 bits per heavy atom. The molecule has 0 saturated carbocycles. The number of nitrogens with zero attached hydrogens (tertiary/aromatic N) is 1. The molecule has 1 aromatic carbocycles. The van der Waals surface area contributed by atoms with Gasteiger partial charge in [-0.2, -0.15) is 0 Å². The maximum absolute atomic E-state index is 12.0. The van der Waals surface area contributed by atoms with E-state index in [0.717, 1.165) is 0 Å². The number of amides is 1. The molecule has 6 heteroatoms. The SMILES string of the molecule is Nc1cnc(Cl)cc1C(=O)Nc1ccc(Cl)cc1. The molecule has 4 nitrogen and oxygen atoms in total. The Labute approximate surface area is 114 Å². The van der Waals surface area contributed by atoms with Gasteiger partial charge in [-0.25, -0.2) is 4.98 Å². The molecule has 0 unspecified atom stereocenters. The average molecular weight is 282 g/mol. The van der Waals surface area contributed by atoms with Gasteiger partial charge in [-0.1, -0.05) is 23.2 Å². The first-order chi connectivity index (χ1) is 8.56. The molecule has 1 heterocycles. The number of carbonyl (C=O) groups is 1. The number of rotatable bonds is 2. The zero-order valence-corrected chi connectivity index (χ0v) is 10.7. The molecule has 18 heavy (non-hydrogen) atoms. The van der Waals surface area contributed by atoms with Crippen molar-refractivity contribution in [3.63, 3.8) is 0 Å². The number of anilines is 2. The monoisotopic (exact) mass is 281 g/mol. The number of nitrogens with one attached hydrogen (secondary N) is 1. The molecule has 0 bridgehead atoms. The number of hydrogen-bond donors (Lipinski definition) is 2. The Morgan fingerprint density at radius 2 is 1.89 bits per heavy atom. The van der Waals surface area contributed by atoms with Gasteiger partial charge in [0, 0.05) is 10.7 Å². The number of nitrogens with two attached hydrogens (primary N) is 1. The average Bonchev–Trinajstić information content (AvgIpc) is 2.35. The van der Waals surface area contributed by atoms with Gasteiger partial charge in [0.2, 0.25) is 0 Å². The number of pyridine rings is 1. The van der Waals surface area contributed by atoms with Gasteiger partial charge in [-0.3, -0.25) is 4.79 Å². The normalized spacial score (nSPS) is 10.1. The van der Waals surface area contributed by atoms with Crippen LogP contribution in [0.15, 0.2) is 36.5 Å². The van der Waals surface area contributed by atoms with Gasteiger partial charge < -0.3 is 11.1 Å². The highest BCUT2D eigenvalue weighted by Gasteiger charge is 2.11. The minimum absolute atomic E-state index is 0.213. The maximum atomic E-state index is 12.0. The van der Waals surface area contributed by atoms with Crippen LogP contribution in [-0.4, -0.2) is 10.9 Å². The van der Waals surface area contributed by atoms with Crippen molar-refractivity contribution < 1.29 is 4.79 Å². The Kier molecular flexibility index (Phi) is 3.69. The molecular formula is C12H9Cl2N3O. The highest BCUT2D eigenvalue weighted by Crippen LogP contribution is 2.18. The smallest absolute Gasteiger partial charge is 0.257 e. The van der Waals surface area contributed by atoms with Gasteiger partial charge in [0.25, 0.3) is 5.91 Å². The number of benzene rings is 1. The van der Waals surface area contributed by atoms with E-state index in [2.05, 4.69) is 10.3 Å². The first-order valence-corrected chi connectivity index (χ1v) is 5.80.